The number of hydrogen-bond acceptors (Lipinski definition) is 3. The molecular formula is C12H17BrN2O. The van der Waals surface area contributed by atoms with Gasteiger partial charge in [0.1, 0.15) is 0 Å². The molecule has 1 aromatic heterocycles. The average molecular weight is 285 g/mol. The van der Waals surface area contributed by atoms with Crippen molar-refractivity contribution in [2.24, 2.45) is 0 Å². The van der Waals surface area contributed by atoms with Gasteiger partial charge in [0, 0.05) is 37.4 Å². The average Bonchev–Trinajstić information content (AvgIpc) is 2.29. The Morgan fingerprint density at radius 2 is 2.19 bits per heavy atom. The molecule has 0 aliphatic carbocycles. The monoisotopic (exact) mass is 284 g/mol. The van der Waals surface area contributed by atoms with Crippen molar-refractivity contribution >= 4 is 15.9 Å². The smallest absolute Gasteiger partial charge is 0.0802 e. The SMILES string of the molecule is CC1CN(Cc2ccncc2)CC(CBr)O1. The first-order chi connectivity index (χ1) is 7.78. The number of ether oxygens (including phenoxy) is 1. The van der Waals surface area contributed by atoms with Crippen LogP contribution in [0.2, 0.25) is 0 Å². The molecule has 16 heavy (non-hydrogen) atoms. The van der Waals surface area contributed by atoms with Crippen molar-refractivity contribution in [3.8, 4) is 0 Å². The molecule has 88 valence electrons. The van der Waals surface area contributed by atoms with Gasteiger partial charge in [0.2, 0.25) is 0 Å². The van der Waals surface area contributed by atoms with Crippen LogP contribution in [0.5, 0.6) is 0 Å². The number of halogens is 1. The van der Waals surface area contributed by atoms with Gasteiger partial charge in [-0.05, 0) is 24.6 Å². The van der Waals surface area contributed by atoms with Crippen LogP contribution in [0.25, 0.3) is 0 Å². The van der Waals surface area contributed by atoms with E-state index in [1.54, 1.807) is 0 Å². The maximum atomic E-state index is 5.80. The van der Waals surface area contributed by atoms with E-state index in [4.69, 9.17) is 4.74 Å². The summed E-state index contributed by atoms with van der Waals surface area (Å²) in [5.74, 6) is 0. The van der Waals surface area contributed by atoms with Crippen molar-refractivity contribution in [3.05, 3.63) is 30.1 Å². The van der Waals surface area contributed by atoms with Gasteiger partial charge in [-0.25, -0.2) is 0 Å². The minimum Gasteiger partial charge on any atom is -0.372 e. The molecular weight excluding hydrogens is 268 g/mol. The van der Waals surface area contributed by atoms with Gasteiger partial charge in [-0.1, -0.05) is 15.9 Å². The van der Waals surface area contributed by atoms with Gasteiger partial charge in [-0.15, -0.1) is 0 Å². The molecule has 2 rings (SSSR count). The van der Waals surface area contributed by atoms with Gasteiger partial charge >= 0.3 is 0 Å². The molecule has 0 N–H and O–H groups in total. The highest BCUT2D eigenvalue weighted by molar-refractivity contribution is 9.09. The number of nitrogens with zero attached hydrogens (tertiary/aromatic N) is 2. The Morgan fingerprint density at radius 1 is 1.44 bits per heavy atom. The Bertz CT molecular complexity index is 320. The fourth-order valence-corrected chi connectivity index (χ4v) is 2.46. The number of rotatable bonds is 3. The van der Waals surface area contributed by atoms with E-state index in [1.807, 2.05) is 12.4 Å². The summed E-state index contributed by atoms with van der Waals surface area (Å²) >= 11 is 3.49. The van der Waals surface area contributed by atoms with E-state index < -0.39 is 0 Å². The minimum absolute atomic E-state index is 0.311. The van der Waals surface area contributed by atoms with Crippen LogP contribution in [0.4, 0.5) is 0 Å². The summed E-state index contributed by atoms with van der Waals surface area (Å²) in [6.45, 7) is 5.12. The third-order valence-electron chi connectivity index (χ3n) is 2.73. The third kappa shape index (κ3) is 3.27. The van der Waals surface area contributed by atoms with E-state index in [0.29, 0.717) is 12.2 Å². The zero-order valence-electron chi connectivity index (χ0n) is 9.47. The molecule has 2 heterocycles. The molecule has 1 aromatic rings. The zero-order chi connectivity index (χ0) is 11.4. The number of alkyl halides is 1. The molecule has 3 nitrogen and oxygen atoms in total. The van der Waals surface area contributed by atoms with Gasteiger partial charge in [0.15, 0.2) is 0 Å². The summed E-state index contributed by atoms with van der Waals surface area (Å²) in [4.78, 5) is 6.47. The number of aromatic nitrogens is 1. The standard InChI is InChI=1S/C12H17BrN2O/c1-10-7-15(9-12(6-13)16-10)8-11-2-4-14-5-3-11/h2-5,10,12H,6-9H2,1H3. The van der Waals surface area contributed by atoms with Crippen molar-refractivity contribution in [3.63, 3.8) is 0 Å². The first kappa shape index (κ1) is 12.0. The molecule has 0 radical (unpaired) electrons. The summed E-state index contributed by atoms with van der Waals surface area (Å²) in [6, 6.07) is 4.15. The Hall–Kier alpha value is -0.450. The molecule has 1 aliphatic heterocycles. The van der Waals surface area contributed by atoms with Crippen LogP contribution in [-0.2, 0) is 11.3 Å². The lowest BCUT2D eigenvalue weighted by atomic mass is 10.2. The van der Waals surface area contributed by atoms with E-state index in [1.165, 1.54) is 5.56 Å². The lowest BCUT2D eigenvalue weighted by molar-refractivity contribution is -0.0678. The summed E-state index contributed by atoms with van der Waals surface area (Å²) in [6.07, 6.45) is 4.33. The highest BCUT2D eigenvalue weighted by Gasteiger charge is 2.24. The molecule has 1 saturated heterocycles. The molecule has 0 spiro atoms. The van der Waals surface area contributed by atoms with Crippen LogP contribution in [0.1, 0.15) is 12.5 Å². The second-order valence-electron chi connectivity index (χ2n) is 4.27. The Kier molecular flexibility index (Phi) is 4.32. The van der Waals surface area contributed by atoms with Crippen LogP contribution in [0, 0.1) is 0 Å². The first-order valence-corrected chi connectivity index (χ1v) is 6.72. The van der Waals surface area contributed by atoms with Gasteiger partial charge in [0.05, 0.1) is 12.2 Å². The van der Waals surface area contributed by atoms with Gasteiger partial charge in [-0.3, -0.25) is 9.88 Å². The summed E-state index contributed by atoms with van der Waals surface area (Å²) < 4.78 is 5.80. The maximum Gasteiger partial charge on any atom is 0.0802 e. The zero-order valence-corrected chi connectivity index (χ0v) is 11.1. The molecule has 2 unspecified atom stereocenters. The van der Waals surface area contributed by atoms with E-state index in [2.05, 4.69) is 44.9 Å². The first-order valence-electron chi connectivity index (χ1n) is 5.60. The van der Waals surface area contributed by atoms with Crippen molar-refractivity contribution in [1.29, 1.82) is 0 Å². The maximum absolute atomic E-state index is 5.80. The lowest BCUT2D eigenvalue weighted by Crippen LogP contribution is -2.46. The highest BCUT2D eigenvalue weighted by atomic mass is 79.9. The summed E-state index contributed by atoms with van der Waals surface area (Å²) in [7, 11) is 0. The van der Waals surface area contributed by atoms with E-state index >= 15 is 0 Å². The molecule has 0 saturated carbocycles. The van der Waals surface area contributed by atoms with E-state index in [0.717, 1.165) is 25.0 Å². The fraction of sp³-hybridized carbons (Fsp3) is 0.583. The molecule has 0 bridgehead atoms. The number of pyridine rings is 1. The van der Waals surface area contributed by atoms with Crippen LogP contribution < -0.4 is 0 Å². The molecule has 1 aliphatic rings. The van der Waals surface area contributed by atoms with Crippen molar-refractivity contribution in [2.45, 2.75) is 25.7 Å². The second kappa shape index (κ2) is 5.75. The topological polar surface area (TPSA) is 25.4 Å². The van der Waals surface area contributed by atoms with Crippen LogP contribution in [-0.4, -0.2) is 40.5 Å². The quantitative estimate of drug-likeness (QED) is 0.795. The minimum atomic E-state index is 0.311. The van der Waals surface area contributed by atoms with Gasteiger partial charge < -0.3 is 4.74 Å². The molecule has 2 atom stereocenters. The molecule has 0 aromatic carbocycles. The van der Waals surface area contributed by atoms with Crippen LogP contribution in [0.15, 0.2) is 24.5 Å². The van der Waals surface area contributed by atoms with Crippen molar-refractivity contribution in [2.75, 3.05) is 18.4 Å². The predicted octanol–water partition coefficient (Wildman–Crippen LogP) is 2.07. The molecule has 1 fully saturated rings. The second-order valence-corrected chi connectivity index (χ2v) is 4.92. The van der Waals surface area contributed by atoms with Gasteiger partial charge in [-0.2, -0.15) is 0 Å². The molecule has 4 heteroatoms. The highest BCUT2D eigenvalue weighted by Crippen LogP contribution is 2.15. The normalized spacial score (nSPS) is 26.9. The van der Waals surface area contributed by atoms with E-state index in [9.17, 15) is 0 Å². The summed E-state index contributed by atoms with van der Waals surface area (Å²) in [5.41, 5.74) is 1.32. The third-order valence-corrected chi connectivity index (χ3v) is 3.45. The van der Waals surface area contributed by atoms with Crippen LogP contribution >= 0.6 is 15.9 Å². The number of hydrogen-bond donors (Lipinski definition) is 0. The van der Waals surface area contributed by atoms with Crippen molar-refractivity contribution < 1.29 is 4.74 Å². The molecule has 0 amide bonds. The lowest BCUT2D eigenvalue weighted by Gasteiger charge is -2.36. The fourth-order valence-electron chi connectivity index (χ4n) is 2.10. The predicted molar refractivity (Wildman–Crippen MR) is 67.6 cm³/mol. The largest absolute Gasteiger partial charge is 0.372 e. The van der Waals surface area contributed by atoms with E-state index in [-0.39, 0.29) is 0 Å². The summed E-state index contributed by atoms with van der Waals surface area (Å²) in [5, 5.41) is 0.907. The van der Waals surface area contributed by atoms with Crippen LogP contribution in [0.3, 0.4) is 0 Å². The van der Waals surface area contributed by atoms with Crippen molar-refractivity contribution in [1.82, 2.24) is 9.88 Å². The Labute approximate surface area is 105 Å². The number of morpholine rings is 1. The Balaban J connectivity index is 1.94. The Morgan fingerprint density at radius 3 is 2.88 bits per heavy atom. The van der Waals surface area contributed by atoms with Gasteiger partial charge in [0.25, 0.3) is 0 Å².